The Labute approximate surface area is 152 Å². The molecule has 0 spiro atoms. The number of carboxylic acids is 1. The molecule has 2 aromatic rings. The Morgan fingerprint density at radius 1 is 1.22 bits per heavy atom. The number of nitro groups is 1. The third-order valence-corrected chi connectivity index (χ3v) is 3.25. The smallest absolute Gasteiger partial charge is 0.305 e. The van der Waals surface area contributed by atoms with Crippen LogP contribution in [0.5, 0.6) is 0 Å². The van der Waals surface area contributed by atoms with E-state index in [1.54, 1.807) is 0 Å². The van der Waals surface area contributed by atoms with Gasteiger partial charge >= 0.3 is 5.97 Å². The van der Waals surface area contributed by atoms with E-state index in [-0.39, 0.29) is 30.1 Å². The highest BCUT2D eigenvalue weighted by molar-refractivity contribution is 6.04. The minimum absolute atomic E-state index is 0.0433. The van der Waals surface area contributed by atoms with E-state index < -0.39 is 22.7 Å². The second-order valence-electron chi connectivity index (χ2n) is 5.24. The van der Waals surface area contributed by atoms with Crippen molar-refractivity contribution in [3.8, 4) is 0 Å². The van der Waals surface area contributed by atoms with E-state index in [2.05, 4.69) is 10.6 Å². The summed E-state index contributed by atoms with van der Waals surface area (Å²) in [5, 5.41) is 24.2. The molecule has 3 N–H and O–H groups in total. The van der Waals surface area contributed by atoms with Crippen LogP contribution in [0, 0.1) is 10.1 Å². The number of non-ortho nitro benzene ring substituents is 1. The van der Waals surface area contributed by atoms with E-state index in [1.807, 2.05) is 0 Å². The molecule has 0 bridgehead atoms. The number of furan rings is 1. The number of nitrogens with one attached hydrogen (secondary N) is 2. The summed E-state index contributed by atoms with van der Waals surface area (Å²) in [6.07, 6.45) is 2.22. The molecule has 0 atom stereocenters. The highest BCUT2D eigenvalue weighted by Crippen LogP contribution is 2.15. The van der Waals surface area contributed by atoms with Gasteiger partial charge in [0.05, 0.1) is 17.6 Å². The number of aliphatic carboxylic acids is 1. The lowest BCUT2D eigenvalue weighted by Crippen LogP contribution is -2.35. The van der Waals surface area contributed by atoms with Crippen LogP contribution < -0.4 is 10.6 Å². The Bertz CT molecular complexity index is 888. The molecule has 0 aliphatic heterocycles. The van der Waals surface area contributed by atoms with Gasteiger partial charge in [-0.25, -0.2) is 0 Å². The third-order valence-electron chi connectivity index (χ3n) is 3.25. The highest BCUT2D eigenvalue weighted by Gasteiger charge is 2.17. The van der Waals surface area contributed by atoms with E-state index in [9.17, 15) is 24.5 Å². The lowest BCUT2D eigenvalue weighted by atomic mass is 10.1. The fraction of sp³-hybridized carbons (Fsp3) is 0.118. The van der Waals surface area contributed by atoms with Crippen molar-refractivity contribution in [3.05, 3.63) is 69.8 Å². The molecule has 0 radical (unpaired) electrons. The fourth-order valence-corrected chi connectivity index (χ4v) is 2.02. The van der Waals surface area contributed by atoms with Crippen LogP contribution in [0.1, 0.15) is 22.5 Å². The van der Waals surface area contributed by atoms with Crippen LogP contribution in [0.2, 0.25) is 0 Å². The Morgan fingerprint density at radius 3 is 2.63 bits per heavy atom. The minimum Gasteiger partial charge on any atom is -0.481 e. The summed E-state index contributed by atoms with van der Waals surface area (Å²) >= 11 is 0. The van der Waals surface area contributed by atoms with E-state index in [0.29, 0.717) is 5.56 Å². The number of carboxylic acid groups (broad SMARTS) is 1. The van der Waals surface area contributed by atoms with E-state index in [0.717, 1.165) is 0 Å². The number of nitrogens with zero attached hydrogens (tertiary/aromatic N) is 1. The van der Waals surface area contributed by atoms with Crippen LogP contribution in [-0.2, 0) is 9.59 Å². The van der Waals surface area contributed by atoms with Gasteiger partial charge in [-0.2, -0.15) is 0 Å². The number of carbonyl (C=O) groups excluding carboxylic acids is 2. The van der Waals surface area contributed by atoms with Gasteiger partial charge in [-0.05, 0) is 23.8 Å². The van der Waals surface area contributed by atoms with Crippen LogP contribution in [0.4, 0.5) is 5.69 Å². The zero-order valence-electron chi connectivity index (χ0n) is 13.9. The predicted octanol–water partition coefficient (Wildman–Crippen LogP) is 1.55. The molecule has 2 amide bonds. The summed E-state index contributed by atoms with van der Waals surface area (Å²) in [4.78, 5) is 45.3. The molecule has 0 saturated heterocycles. The predicted molar refractivity (Wildman–Crippen MR) is 92.5 cm³/mol. The first-order valence-corrected chi connectivity index (χ1v) is 7.68. The van der Waals surface area contributed by atoms with Crippen LogP contribution >= 0.6 is 0 Å². The maximum Gasteiger partial charge on any atom is 0.305 e. The van der Waals surface area contributed by atoms with Gasteiger partial charge in [0, 0.05) is 18.7 Å². The standard InChI is InChI=1S/C17H15N3O7/c21-15(22)6-7-18-16(23)13(19-17(24)14-5-2-8-27-14)10-11-3-1-4-12(9-11)20(25)26/h1-5,8-10H,6-7H2,(H,18,23)(H,19,24)(H,21,22)/b13-10+. The number of rotatable bonds is 8. The monoisotopic (exact) mass is 373 g/mol. The van der Waals surface area contributed by atoms with Gasteiger partial charge in [0.15, 0.2) is 5.76 Å². The SMILES string of the molecule is O=C(O)CCNC(=O)/C(=C\c1cccc([N+](=O)[O-])c1)NC(=O)c1ccco1. The molecule has 10 nitrogen and oxygen atoms in total. The number of amides is 2. The molecule has 1 aromatic carbocycles. The first-order valence-electron chi connectivity index (χ1n) is 7.68. The van der Waals surface area contributed by atoms with Crippen LogP contribution in [-0.4, -0.2) is 34.4 Å². The van der Waals surface area contributed by atoms with Crippen LogP contribution in [0.15, 0.2) is 52.8 Å². The molecule has 1 aromatic heterocycles. The number of hydrogen-bond donors (Lipinski definition) is 3. The molecule has 27 heavy (non-hydrogen) atoms. The average Bonchev–Trinajstić information content (AvgIpc) is 3.15. The van der Waals surface area contributed by atoms with Crippen molar-refractivity contribution in [3.63, 3.8) is 0 Å². The molecule has 0 aliphatic rings. The van der Waals surface area contributed by atoms with E-state index >= 15 is 0 Å². The van der Waals surface area contributed by atoms with Crippen molar-refractivity contribution in [2.45, 2.75) is 6.42 Å². The fourth-order valence-electron chi connectivity index (χ4n) is 2.02. The van der Waals surface area contributed by atoms with E-state index in [4.69, 9.17) is 9.52 Å². The number of benzene rings is 1. The molecule has 0 unspecified atom stereocenters. The number of nitro benzene ring substituents is 1. The third kappa shape index (κ3) is 5.81. The minimum atomic E-state index is -1.10. The number of hydrogen-bond acceptors (Lipinski definition) is 6. The lowest BCUT2D eigenvalue weighted by Gasteiger charge is -2.09. The second-order valence-corrected chi connectivity index (χ2v) is 5.24. The van der Waals surface area contributed by atoms with Gasteiger partial charge in [0.25, 0.3) is 17.5 Å². The van der Waals surface area contributed by atoms with E-state index in [1.165, 1.54) is 48.7 Å². The summed E-state index contributed by atoms with van der Waals surface area (Å²) in [6.45, 7) is -0.156. The molecule has 140 valence electrons. The Balaban J connectivity index is 2.26. The summed E-state index contributed by atoms with van der Waals surface area (Å²) in [5.41, 5.74) is -0.110. The van der Waals surface area contributed by atoms with Gasteiger partial charge < -0.3 is 20.2 Å². The molecule has 10 heteroatoms. The highest BCUT2D eigenvalue weighted by atomic mass is 16.6. The molecule has 0 fully saturated rings. The summed E-state index contributed by atoms with van der Waals surface area (Å²) in [6, 6.07) is 8.33. The number of carbonyl (C=O) groups is 3. The first-order chi connectivity index (χ1) is 12.9. The van der Waals surface area contributed by atoms with Crippen LogP contribution in [0.25, 0.3) is 6.08 Å². The maximum atomic E-state index is 12.3. The molecular formula is C17H15N3O7. The van der Waals surface area contributed by atoms with Crippen molar-refractivity contribution in [1.82, 2.24) is 10.6 Å². The Morgan fingerprint density at radius 2 is 2.00 bits per heavy atom. The quantitative estimate of drug-likeness (QED) is 0.360. The normalized spacial score (nSPS) is 10.9. The van der Waals surface area contributed by atoms with Gasteiger partial charge in [-0.1, -0.05) is 12.1 Å². The summed E-state index contributed by atoms with van der Waals surface area (Å²) in [5.74, 6) is -2.59. The van der Waals surface area contributed by atoms with Gasteiger partial charge in [-0.15, -0.1) is 0 Å². The molecule has 0 saturated carbocycles. The van der Waals surface area contributed by atoms with Crippen molar-refractivity contribution in [1.29, 1.82) is 0 Å². The van der Waals surface area contributed by atoms with Gasteiger partial charge in [-0.3, -0.25) is 24.5 Å². The van der Waals surface area contributed by atoms with Crippen molar-refractivity contribution in [2.75, 3.05) is 6.54 Å². The topological polar surface area (TPSA) is 152 Å². The zero-order chi connectivity index (χ0) is 19.8. The lowest BCUT2D eigenvalue weighted by molar-refractivity contribution is -0.384. The van der Waals surface area contributed by atoms with Crippen molar-refractivity contribution < 1.29 is 28.8 Å². The van der Waals surface area contributed by atoms with Gasteiger partial charge in [0.1, 0.15) is 5.70 Å². The second kappa shape index (κ2) is 8.94. The maximum absolute atomic E-state index is 12.3. The summed E-state index contributed by atoms with van der Waals surface area (Å²) < 4.78 is 4.95. The average molecular weight is 373 g/mol. The summed E-state index contributed by atoms with van der Waals surface area (Å²) in [7, 11) is 0. The molecule has 0 aliphatic carbocycles. The molecule has 1 heterocycles. The largest absolute Gasteiger partial charge is 0.481 e. The van der Waals surface area contributed by atoms with Crippen LogP contribution in [0.3, 0.4) is 0 Å². The van der Waals surface area contributed by atoms with Crippen molar-refractivity contribution >= 4 is 29.5 Å². The Kier molecular flexibility index (Phi) is 6.42. The first kappa shape index (κ1) is 19.4. The molecule has 2 rings (SSSR count). The van der Waals surface area contributed by atoms with Crippen molar-refractivity contribution in [2.24, 2.45) is 0 Å². The molecular weight excluding hydrogens is 358 g/mol. The van der Waals surface area contributed by atoms with Gasteiger partial charge in [0.2, 0.25) is 0 Å². The zero-order valence-corrected chi connectivity index (χ0v) is 13.9. The Hall–Kier alpha value is -3.95.